The van der Waals surface area contributed by atoms with Gasteiger partial charge in [-0.05, 0) is 37.7 Å². The number of aromatic carboxylic acids is 1. The average molecular weight is 298 g/mol. The summed E-state index contributed by atoms with van der Waals surface area (Å²) in [7, 11) is -3.62. The van der Waals surface area contributed by atoms with Crippen molar-refractivity contribution >= 4 is 16.0 Å². The summed E-state index contributed by atoms with van der Waals surface area (Å²) >= 11 is 0. The molecule has 7 heteroatoms. The second kappa shape index (κ2) is 4.60. The third kappa shape index (κ3) is 2.47. The molecule has 0 amide bonds. The molecule has 6 nitrogen and oxygen atoms in total. The van der Waals surface area contributed by atoms with E-state index in [2.05, 4.69) is 11.6 Å². The van der Waals surface area contributed by atoms with Crippen molar-refractivity contribution in [2.75, 3.05) is 0 Å². The molecule has 2 saturated carbocycles. The van der Waals surface area contributed by atoms with E-state index in [0.717, 1.165) is 25.7 Å². The van der Waals surface area contributed by atoms with Gasteiger partial charge in [-0.1, -0.05) is 6.92 Å². The van der Waals surface area contributed by atoms with Gasteiger partial charge in [-0.25, -0.2) is 17.9 Å². The minimum atomic E-state index is -3.62. The molecule has 1 heterocycles. The molecule has 1 aromatic heterocycles. The van der Waals surface area contributed by atoms with Crippen LogP contribution in [0.1, 0.15) is 49.1 Å². The van der Waals surface area contributed by atoms with Crippen LogP contribution in [0.4, 0.5) is 0 Å². The Morgan fingerprint density at radius 2 is 2.05 bits per heavy atom. The lowest BCUT2D eigenvalue weighted by atomic mass is 9.83. The van der Waals surface area contributed by atoms with E-state index in [-0.39, 0.29) is 22.7 Å². The van der Waals surface area contributed by atoms with Crippen LogP contribution in [0.2, 0.25) is 0 Å². The minimum Gasteiger partial charge on any atom is -0.477 e. The van der Waals surface area contributed by atoms with Crippen molar-refractivity contribution in [3.8, 4) is 0 Å². The van der Waals surface area contributed by atoms with Crippen LogP contribution in [0.15, 0.2) is 17.2 Å². The van der Waals surface area contributed by atoms with E-state index in [1.54, 1.807) is 4.57 Å². The fourth-order valence-electron chi connectivity index (χ4n) is 2.71. The summed E-state index contributed by atoms with van der Waals surface area (Å²) in [5, 5.41) is 9.16. The summed E-state index contributed by atoms with van der Waals surface area (Å²) in [4.78, 5) is 11.2. The van der Waals surface area contributed by atoms with E-state index in [1.165, 1.54) is 12.3 Å². The number of nitrogens with zero attached hydrogens (tertiary/aromatic N) is 1. The maximum Gasteiger partial charge on any atom is 0.352 e. The Bertz CT molecular complexity index is 639. The predicted octanol–water partition coefficient (Wildman–Crippen LogP) is 1.60. The SMILES string of the molecule is CC1CC(NS(=O)(=O)c2cc(C(=O)O)n(C3CC3)c2)C1. The van der Waals surface area contributed by atoms with E-state index in [0.29, 0.717) is 5.92 Å². The van der Waals surface area contributed by atoms with Crippen molar-refractivity contribution < 1.29 is 18.3 Å². The zero-order valence-corrected chi connectivity index (χ0v) is 12.1. The van der Waals surface area contributed by atoms with Gasteiger partial charge in [0.15, 0.2) is 0 Å². The van der Waals surface area contributed by atoms with Crippen molar-refractivity contribution in [3.63, 3.8) is 0 Å². The molecule has 110 valence electrons. The van der Waals surface area contributed by atoms with Gasteiger partial charge in [-0.3, -0.25) is 0 Å². The van der Waals surface area contributed by atoms with Gasteiger partial charge < -0.3 is 9.67 Å². The molecular formula is C13H18N2O4S. The van der Waals surface area contributed by atoms with Gasteiger partial charge in [0.25, 0.3) is 0 Å². The van der Waals surface area contributed by atoms with E-state index < -0.39 is 16.0 Å². The first-order valence-corrected chi connectivity index (χ1v) is 8.32. The highest BCUT2D eigenvalue weighted by molar-refractivity contribution is 7.89. The summed E-state index contributed by atoms with van der Waals surface area (Å²) in [6.45, 7) is 2.08. The molecule has 0 aromatic carbocycles. The van der Waals surface area contributed by atoms with Crippen LogP contribution >= 0.6 is 0 Å². The van der Waals surface area contributed by atoms with Crippen molar-refractivity contribution in [2.45, 2.75) is 49.6 Å². The smallest absolute Gasteiger partial charge is 0.352 e. The second-order valence-electron chi connectivity index (χ2n) is 5.90. The maximum atomic E-state index is 12.3. The molecule has 2 N–H and O–H groups in total. The first kappa shape index (κ1) is 13.6. The number of carboxylic acids is 1. The highest BCUT2D eigenvalue weighted by Crippen LogP contribution is 2.37. The van der Waals surface area contributed by atoms with Crippen LogP contribution in [-0.4, -0.2) is 30.1 Å². The van der Waals surface area contributed by atoms with Gasteiger partial charge in [-0.15, -0.1) is 0 Å². The highest BCUT2D eigenvalue weighted by atomic mass is 32.2. The summed E-state index contributed by atoms with van der Waals surface area (Å²) in [5.41, 5.74) is 0.0508. The Kier molecular flexibility index (Phi) is 3.13. The molecule has 0 saturated heterocycles. The molecular weight excluding hydrogens is 280 g/mol. The van der Waals surface area contributed by atoms with Crippen molar-refractivity contribution in [1.82, 2.24) is 9.29 Å². The van der Waals surface area contributed by atoms with Gasteiger partial charge in [0.05, 0.1) is 0 Å². The Morgan fingerprint density at radius 3 is 2.55 bits per heavy atom. The standard InChI is InChI=1S/C13H18N2O4S/c1-8-4-9(5-8)14-20(18,19)11-6-12(13(16)17)15(7-11)10-2-3-10/h6-10,14H,2-5H2,1H3,(H,16,17). The first-order chi connectivity index (χ1) is 9.37. The zero-order valence-electron chi connectivity index (χ0n) is 11.2. The Labute approximate surface area is 117 Å². The van der Waals surface area contributed by atoms with E-state index >= 15 is 0 Å². The Hall–Kier alpha value is -1.34. The third-order valence-electron chi connectivity index (χ3n) is 3.99. The lowest BCUT2D eigenvalue weighted by Gasteiger charge is -2.32. The average Bonchev–Trinajstić information content (AvgIpc) is 3.04. The number of rotatable bonds is 5. The molecule has 0 bridgehead atoms. The Morgan fingerprint density at radius 1 is 1.40 bits per heavy atom. The summed E-state index contributed by atoms with van der Waals surface area (Å²) in [6.07, 6.45) is 4.94. The van der Waals surface area contributed by atoms with Crippen molar-refractivity contribution in [2.24, 2.45) is 5.92 Å². The van der Waals surface area contributed by atoms with Crippen LogP contribution in [0, 0.1) is 5.92 Å². The molecule has 0 unspecified atom stereocenters. The van der Waals surface area contributed by atoms with Crippen LogP contribution in [0.5, 0.6) is 0 Å². The van der Waals surface area contributed by atoms with E-state index in [4.69, 9.17) is 5.11 Å². The molecule has 0 aliphatic heterocycles. The topological polar surface area (TPSA) is 88.4 Å². The van der Waals surface area contributed by atoms with Gasteiger partial charge >= 0.3 is 5.97 Å². The molecule has 2 aliphatic rings. The lowest BCUT2D eigenvalue weighted by Crippen LogP contribution is -2.43. The minimum absolute atomic E-state index is 0.0208. The third-order valence-corrected chi connectivity index (χ3v) is 5.48. The number of aromatic nitrogens is 1. The Balaban J connectivity index is 1.85. The predicted molar refractivity (Wildman–Crippen MR) is 72.2 cm³/mol. The first-order valence-electron chi connectivity index (χ1n) is 6.84. The molecule has 2 fully saturated rings. The fourth-order valence-corrected chi connectivity index (χ4v) is 4.00. The number of sulfonamides is 1. The van der Waals surface area contributed by atoms with Crippen LogP contribution in [0.3, 0.4) is 0 Å². The monoisotopic (exact) mass is 298 g/mol. The maximum absolute atomic E-state index is 12.3. The number of carbonyl (C=O) groups is 1. The summed E-state index contributed by atoms with van der Waals surface area (Å²) in [6, 6.07) is 1.37. The largest absolute Gasteiger partial charge is 0.477 e. The molecule has 2 aliphatic carbocycles. The normalized spacial score (nSPS) is 26.2. The van der Waals surface area contributed by atoms with Crippen LogP contribution < -0.4 is 4.72 Å². The van der Waals surface area contributed by atoms with Crippen molar-refractivity contribution in [1.29, 1.82) is 0 Å². The quantitative estimate of drug-likeness (QED) is 0.864. The molecule has 0 spiro atoms. The second-order valence-corrected chi connectivity index (χ2v) is 7.61. The number of hydrogen-bond donors (Lipinski definition) is 2. The molecule has 20 heavy (non-hydrogen) atoms. The number of hydrogen-bond acceptors (Lipinski definition) is 3. The molecule has 3 rings (SSSR count). The number of nitrogens with one attached hydrogen (secondary N) is 1. The molecule has 0 radical (unpaired) electrons. The summed E-state index contributed by atoms with van der Waals surface area (Å²) < 4.78 is 28.7. The van der Waals surface area contributed by atoms with Gasteiger partial charge in [0, 0.05) is 18.3 Å². The highest BCUT2D eigenvalue weighted by Gasteiger charge is 2.33. The van der Waals surface area contributed by atoms with Gasteiger partial charge in [-0.2, -0.15) is 0 Å². The fraction of sp³-hybridized carbons (Fsp3) is 0.615. The van der Waals surface area contributed by atoms with Crippen LogP contribution in [0.25, 0.3) is 0 Å². The van der Waals surface area contributed by atoms with E-state index in [9.17, 15) is 13.2 Å². The van der Waals surface area contributed by atoms with Gasteiger partial charge in [0.2, 0.25) is 10.0 Å². The van der Waals surface area contributed by atoms with Crippen molar-refractivity contribution in [3.05, 3.63) is 18.0 Å². The summed E-state index contributed by atoms with van der Waals surface area (Å²) in [5.74, 6) is -0.538. The zero-order chi connectivity index (χ0) is 14.5. The molecule has 1 aromatic rings. The van der Waals surface area contributed by atoms with E-state index in [1.807, 2.05) is 0 Å². The van der Waals surface area contributed by atoms with Crippen LogP contribution in [-0.2, 0) is 10.0 Å². The molecule has 0 atom stereocenters. The number of carboxylic acid groups (broad SMARTS) is 1. The lowest BCUT2D eigenvalue weighted by molar-refractivity contribution is 0.0685. The van der Waals surface area contributed by atoms with Gasteiger partial charge in [0.1, 0.15) is 10.6 Å².